The minimum Gasteiger partial charge on any atom is -0.668 e. The van der Waals surface area contributed by atoms with E-state index in [1.807, 2.05) is 0 Å². The fourth-order valence-corrected chi connectivity index (χ4v) is 1.24. The third-order valence-electron chi connectivity index (χ3n) is 1.79. The van der Waals surface area contributed by atoms with Gasteiger partial charge in [0.25, 0.3) is 0 Å². The van der Waals surface area contributed by atoms with Gasteiger partial charge < -0.3 is 28.1 Å². The molecule has 0 aliphatic heterocycles. The first-order chi connectivity index (χ1) is 7.67. The molecule has 0 N–H and O–H groups in total. The predicted molar refractivity (Wildman–Crippen MR) is 74.6 cm³/mol. The third kappa shape index (κ3) is 19.0. The molecule has 1 saturated carbocycles. The molecule has 4 nitrogen and oxygen atoms in total. The van der Waals surface area contributed by atoms with Crippen LogP contribution in [0.5, 0.6) is 0 Å². The van der Waals surface area contributed by atoms with E-state index in [9.17, 15) is 4.39 Å². The summed E-state index contributed by atoms with van der Waals surface area (Å²) in [4.78, 5) is 0. The normalized spacial score (nSPS) is 20.3. The number of hydrogen-bond acceptors (Lipinski definition) is 1. The predicted octanol–water partition coefficient (Wildman–Crippen LogP) is 3.54. The molecule has 0 spiro atoms. The molecule has 1 fully saturated rings. The molecule has 0 aromatic rings. The first kappa shape index (κ1) is 27.1. The summed E-state index contributed by atoms with van der Waals surface area (Å²) in [5, 5.41) is 10.7. The van der Waals surface area contributed by atoms with Crippen LogP contribution in [0.1, 0.15) is 19.3 Å². The summed E-state index contributed by atoms with van der Waals surface area (Å²) in [6.07, 6.45) is 1.55. The number of alkyl halides is 1. The smallest absolute Gasteiger partial charge is 0.668 e. The van der Waals surface area contributed by atoms with E-state index in [0.29, 0.717) is 13.2 Å². The monoisotopic (exact) mass is 429 g/mol. The minimum atomic E-state index is -0.748. The maximum absolute atomic E-state index is 12.7. The maximum Gasteiger partial charge on any atom is 4.00 e. The van der Waals surface area contributed by atoms with Crippen molar-refractivity contribution in [2.45, 2.75) is 31.5 Å². The molecule has 0 aromatic carbocycles. The SMILES string of the molecule is C[N-]C.C[N-]C.C[N-]COC1CCCC1F.[CH3-].[Hf+4]. The Kier molecular flexibility index (Phi) is 34.3. The summed E-state index contributed by atoms with van der Waals surface area (Å²) in [6.45, 7) is 0.338. The van der Waals surface area contributed by atoms with E-state index in [2.05, 4.69) is 16.0 Å². The van der Waals surface area contributed by atoms with Gasteiger partial charge in [0.05, 0.1) is 6.10 Å². The first-order valence-corrected chi connectivity index (χ1v) is 5.44. The van der Waals surface area contributed by atoms with Crippen LogP contribution in [0.25, 0.3) is 16.0 Å². The van der Waals surface area contributed by atoms with Crippen LogP contribution >= 0.6 is 0 Å². The van der Waals surface area contributed by atoms with Crippen LogP contribution in [0.15, 0.2) is 0 Å². The van der Waals surface area contributed by atoms with Crippen molar-refractivity contribution in [3.05, 3.63) is 23.4 Å². The third-order valence-corrected chi connectivity index (χ3v) is 1.79. The molecule has 2 unspecified atom stereocenters. The Hall–Kier alpha value is 0.640. The molecule has 0 aromatic heterocycles. The van der Waals surface area contributed by atoms with Gasteiger partial charge in [-0.2, -0.15) is 35.2 Å². The van der Waals surface area contributed by atoms with E-state index in [4.69, 9.17) is 4.74 Å². The van der Waals surface area contributed by atoms with E-state index in [-0.39, 0.29) is 39.4 Å². The molecule has 108 valence electrons. The number of hydrogen-bond donors (Lipinski definition) is 0. The number of nitrogens with zero attached hydrogens (tertiary/aromatic N) is 3. The summed E-state index contributed by atoms with van der Waals surface area (Å²) >= 11 is 0. The molecular weight excluding hydrogens is 400 g/mol. The summed E-state index contributed by atoms with van der Waals surface area (Å²) in [7, 11) is 8.67. The molecule has 0 amide bonds. The Morgan fingerprint density at radius 2 is 1.50 bits per heavy atom. The van der Waals surface area contributed by atoms with Crippen molar-refractivity contribution < 1.29 is 35.0 Å². The minimum absolute atomic E-state index is 0. The molecular formula is C12H28FHfN3O. The first-order valence-electron chi connectivity index (χ1n) is 5.44. The Morgan fingerprint density at radius 1 is 1.06 bits per heavy atom. The van der Waals surface area contributed by atoms with Crippen LogP contribution in [-0.2, 0) is 30.6 Å². The molecule has 0 heterocycles. The molecule has 0 radical (unpaired) electrons. The van der Waals surface area contributed by atoms with Crippen molar-refractivity contribution in [3.63, 3.8) is 0 Å². The number of rotatable bonds is 3. The molecule has 1 aliphatic carbocycles. The van der Waals surface area contributed by atoms with Crippen LogP contribution in [0.4, 0.5) is 4.39 Å². The molecule has 0 bridgehead atoms. The van der Waals surface area contributed by atoms with Gasteiger partial charge >= 0.3 is 25.8 Å². The van der Waals surface area contributed by atoms with Crippen LogP contribution in [0.3, 0.4) is 0 Å². The van der Waals surface area contributed by atoms with E-state index < -0.39 is 6.17 Å². The summed E-state index contributed by atoms with van der Waals surface area (Å²) < 4.78 is 17.9. The van der Waals surface area contributed by atoms with Crippen LogP contribution < -0.4 is 0 Å². The molecule has 2 atom stereocenters. The standard InChI is InChI=1S/C7H13FNO.2C2H6N.CH3.Hf/c1-9-5-10-7-4-2-3-6(7)8;2*1-3-2;;/h6-7H,2-5H2,1H3;2*1-2H3;1H3;/q4*-1;+4. The van der Waals surface area contributed by atoms with E-state index >= 15 is 0 Å². The van der Waals surface area contributed by atoms with Gasteiger partial charge in [-0.3, -0.25) is 0 Å². The van der Waals surface area contributed by atoms with Crippen molar-refractivity contribution in [3.8, 4) is 0 Å². The van der Waals surface area contributed by atoms with Gasteiger partial charge in [0, 0.05) is 0 Å². The van der Waals surface area contributed by atoms with Crippen LogP contribution in [-0.4, -0.2) is 54.2 Å². The Bertz CT molecular complexity index is 132. The topological polar surface area (TPSA) is 51.5 Å². The van der Waals surface area contributed by atoms with Crippen molar-refractivity contribution in [2.75, 3.05) is 42.0 Å². The molecule has 6 heteroatoms. The fourth-order valence-electron chi connectivity index (χ4n) is 1.24. The van der Waals surface area contributed by atoms with Crippen LogP contribution in [0, 0.1) is 7.43 Å². The molecule has 18 heavy (non-hydrogen) atoms. The van der Waals surface area contributed by atoms with Gasteiger partial charge in [-0.25, -0.2) is 4.39 Å². The second-order valence-electron chi connectivity index (χ2n) is 3.49. The summed E-state index contributed by atoms with van der Waals surface area (Å²) in [5.74, 6) is 0. The van der Waals surface area contributed by atoms with Crippen molar-refractivity contribution in [2.24, 2.45) is 0 Å². The van der Waals surface area contributed by atoms with Gasteiger partial charge in [-0.05, 0) is 26.0 Å². The maximum atomic E-state index is 12.7. The average Bonchev–Trinajstić information content (AvgIpc) is 2.63. The van der Waals surface area contributed by atoms with Gasteiger partial charge in [0.15, 0.2) is 0 Å². The molecule has 1 rings (SSSR count). The molecule has 0 saturated heterocycles. The quantitative estimate of drug-likeness (QED) is 0.502. The zero-order valence-electron chi connectivity index (χ0n) is 12.6. The van der Waals surface area contributed by atoms with Crippen molar-refractivity contribution in [1.29, 1.82) is 0 Å². The zero-order valence-corrected chi connectivity index (χ0v) is 16.2. The van der Waals surface area contributed by atoms with E-state index in [1.54, 1.807) is 35.2 Å². The van der Waals surface area contributed by atoms with E-state index in [0.717, 1.165) is 12.8 Å². The number of ether oxygens (including phenoxy) is 1. The van der Waals surface area contributed by atoms with Gasteiger partial charge in [0.2, 0.25) is 0 Å². The average molecular weight is 428 g/mol. The number of halogens is 1. The van der Waals surface area contributed by atoms with Gasteiger partial charge in [-0.1, -0.05) is 0 Å². The van der Waals surface area contributed by atoms with E-state index in [1.165, 1.54) is 0 Å². The zero-order chi connectivity index (χ0) is 12.8. The largest absolute Gasteiger partial charge is 4.00 e. The van der Waals surface area contributed by atoms with Crippen molar-refractivity contribution in [1.82, 2.24) is 0 Å². The second kappa shape index (κ2) is 22.8. The fraction of sp³-hybridized carbons (Fsp3) is 0.917. The van der Waals surface area contributed by atoms with Gasteiger partial charge in [-0.15, -0.1) is 0 Å². The Balaban J connectivity index is -0.000000106. The van der Waals surface area contributed by atoms with Crippen molar-refractivity contribution >= 4 is 0 Å². The Labute approximate surface area is 132 Å². The van der Waals surface area contributed by atoms with Gasteiger partial charge in [0.1, 0.15) is 6.17 Å². The van der Waals surface area contributed by atoms with Crippen LogP contribution in [0.2, 0.25) is 0 Å². The summed E-state index contributed by atoms with van der Waals surface area (Å²) in [5.41, 5.74) is 0. The second-order valence-corrected chi connectivity index (χ2v) is 3.49. The molecule has 1 aliphatic rings. The Morgan fingerprint density at radius 3 is 1.78 bits per heavy atom. The summed E-state index contributed by atoms with van der Waals surface area (Å²) in [6, 6.07) is 0.